The van der Waals surface area contributed by atoms with Crippen LogP contribution in [0.1, 0.15) is 55.6 Å². The molecule has 1 fully saturated rings. The highest BCUT2D eigenvalue weighted by atomic mass is 16.4. The summed E-state index contributed by atoms with van der Waals surface area (Å²) in [5, 5.41) is 0. The molecule has 0 saturated heterocycles. The topological polar surface area (TPSA) is 38.4 Å². The summed E-state index contributed by atoms with van der Waals surface area (Å²) in [5.74, 6) is 2.40. The second-order valence-electron chi connectivity index (χ2n) is 8.82. The minimum atomic E-state index is 0.636. The highest BCUT2D eigenvalue weighted by Gasteiger charge is 2.19. The standard InChI is InChI=1S/C29H32N2O/c1-5-25(8-6-7-23-14-15-23)22(4)31-28-18-26(16-11-21(28)3)29-30-19-27(32-29)17-24-12-9-20(2)10-13-24/h5-6,8-13,16,18-19,23H,7,14-15,17H2,1-4H3/b8-6?,25-5+,31-22?. The van der Waals surface area contributed by atoms with E-state index in [-0.39, 0.29) is 0 Å². The minimum absolute atomic E-state index is 0.636. The highest BCUT2D eigenvalue weighted by molar-refractivity contribution is 6.02. The van der Waals surface area contributed by atoms with Crippen LogP contribution in [0.5, 0.6) is 0 Å². The second-order valence-corrected chi connectivity index (χ2v) is 8.82. The van der Waals surface area contributed by atoms with Gasteiger partial charge >= 0.3 is 0 Å². The van der Waals surface area contributed by atoms with Crippen LogP contribution >= 0.6 is 0 Å². The van der Waals surface area contributed by atoms with E-state index in [1.54, 1.807) is 0 Å². The van der Waals surface area contributed by atoms with E-state index >= 15 is 0 Å². The summed E-state index contributed by atoms with van der Waals surface area (Å²) in [7, 11) is 0. The third-order valence-corrected chi connectivity index (χ3v) is 5.99. The third kappa shape index (κ3) is 5.73. The van der Waals surface area contributed by atoms with Gasteiger partial charge in [-0.2, -0.15) is 0 Å². The van der Waals surface area contributed by atoms with Crippen molar-refractivity contribution < 1.29 is 4.42 Å². The SMILES string of the molecule is C/C=C(\C=CCC1CC1)C(C)=Nc1cc(-c2ncc(Cc3ccc(C)cc3)o2)ccc1C. The van der Waals surface area contributed by atoms with Gasteiger partial charge < -0.3 is 4.42 Å². The van der Waals surface area contributed by atoms with Crippen LogP contribution in [0, 0.1) is 19.8 Å². The van der Waals surface area contributed by atoms with Crippen molar-refractivity contribution >= 4 is 11.4 Å². The van der Waals surface area contributed by atoms with Gasteiger partial charge in [0.15, 0.2) is 0 Å². The fraction of sp³-hybridized carbons (Fsp3) is 0.310. The molecule has 2 aromatic carbocycles. The summed E-state index contributed by atoms with van der Waals surface area (Å²) >= 11 is 0. The number of benzene rings is 2. The zero-order valence-electron chi connectivity index (χ0n) is 19.6. The summed E-state index contributed by atoms with van der Waals surface area (Å²) in [4.78, 5) is 9.47. The number of oxazole rings is 1. The summed E-state index contributed by atoms with van der Waals surface area (Å²) in [6.45, 7) is 8.33. The first kappa shape index (κ1) is 22.0. The second kappa shape index (κ2) is 9.95. The van der Waals surface area contributed by atoms with Crippen molar-refractivity contribution in [1.29, 1.82) is 0 Å². The highest BCUT2D eigenvalue weighted by Crippen LogP contribution is 2.33. The number of aromatic nitrogens is 1. The molecule has 4 rings (SSSR count). The molecule has 1 saturated carbocycles. The Bertz CT molecular complexity index is 1160. The van der Waals surface area contributed by atoms with Crippen molar-refractivity contribution in [2.45, 2.75) is 53.4 Å². The van der Waals surface area contributed by atoms with Crippen LogP contribution in [-0.2, 0) is 6.42 Å². The van der Waals surface area contributed by atoms with Gasteiger partial charge in [-0.1, -0.05) is 54.1 Å². The van der Waals surface area contributed by atoms with Crippen LogP contribution < -0.4 is 0 Å². The van der Waals surface area contributed by atoms with Crippen LogP contribution in [0.4, 0.5) is 5.69 Å². The van der Waals surface area contributed by atoms with Gasteiger partial charge in [0.1, 0.15) is 5.76 Å². The molecule has 0 aliphatic heterocycles. The zero-order chi connectivity index (χ0) is 22.5. The van der Waals surface area contributed by atoms with Gasteiger partial charge in [0, 0.05) is 17.7 Å². The van der Waals surface area contributed by atoms with Gasteiger partial charge in [0.05, 0.1) is 11.9 Å². The van der Waals surface area contributed by atoms with Crippen molar-refractivity contribution in [2.24, 2.45) is 10.9 Å². The summed E-state index contributed by atoms with van der Waals surface area (Å²) < 4.78 is 6.07. The molecule has 1 aromatic heterocycles. The molecule has 0 bridgehead atoms. The molecule has 1 aliphatic rings. The molecule has 0 spiro atoms. The van der Waals surface area contributed by atoms with E-state index in [1.807, 2.05) is 6.20 Å². The van der Waals surface area contributed by atoms with Gasteiger partial charge in [-0.25, -0.2) is 4.98 Å². The van der Waals surface area contributed by atoms with Crippen molar-refractivity contribution in [3.8, 4) is 11.5 Å². The number of rotatable bonds is 8. The number of hydrogen-bond donors (Lipinski definition) is 0. The van der Waals surface area contributed by atoms with Gasteiger partial charge in [0.2, 0.25) is 5.89 Å². The first-order valence-electron chi connectivity index (χ1n) is 11.5. The van der Waals surface area contributed by atoms with Crippen LogP contribution in [0.2, 0.25) is 0 Å². The molecule has 0 atom stereocenters. The number of nitrogens with zero attached hydrogens (tertiary/aromatic N) is 2. The predicted octanol–water partition coefficient (Wildman–Crippen LogP) is 7.94. The fourth-order valence-electron chi connectivity index (χ4n) is 3.70. The Balaban J connectivity index is 1.52. The Morgan fingerprint density at radius 1 is 1.12 bits per heavy atom. The van der Waals surface area contributed by atoms with E-state index in [2.05, 4.69) is 93.4 Å². The Labute approximate surface area is 191 Å². The van der Waals surface area contributed by atoms with Crippen molar-refractivity contribution in [1.82, 2.24) is 4.98 Å². The summed E-state index contributed by atoms with van der Waals surface area (Å²) in [5.41, 5.74) is 7.71. The normalized spacial score (nSPS) is 15.0. The molecule has 3 nitrogen and oxygen atoms in total. The molecular weight excluding hydrogens is 392 g/mol. The summed E-state index contributed by atoms with van der Waals surface area (Å²) in [6, 6.07) is 14.7. The van der Waals surface area contributed by atoms with Crippen LogP contribution in [0.15, 0.2) is 81.9 Å². The number of allylic oxidation sites excluding steroid dienone is 4. The molecule has 0 radical (unpaired) electrons. The molecule has 3 aromatic rings. The maximum atomic E-state index is 6.07. The Hall–Kier alpha value is -3.20. The molecule has 0 amide bonds. The van der Waals surface area contributed by atoms with Crippen molar-refractivity contribution in [2.75, 3.05) is 0 Å². The average molecular weight is 425 g/mol. The minimum Gasteiger partial charge on any atom is -0.441 e. The predicted molar refractivity (Wildman–Crippen MR) is 134 cm³/mol. The van der Waals surface area contributed by atoms with E-state index in [4.69, 9.17) is 9.41 Å². The third-order valence-electron chi connectivity index (χ3n) is 5.99. The summed E-state index contributed by atoms with van der Waals surface area (Å²) in [6.07, 6.45) is 13.1. The Morgan fingerprint density at radius 3 is 2.62 bits per heavy atom. The van der Waals surface area contributed by atoms with Gasteiger partial charge in [-0.3, -0.25) is 4.99 Å². The number of aliphatic imine (C=N–C) groups is 1. The quantitative estimate of drug-likeness (QED) is 0.272. The molecular formula is C29H32N2O. The van der Waals surface area contributed by atoms with Crippen molar-refractivity contribution in [3.05, 3.63) is 94.9 Å². The largest absolute Gasteiger partial charge is 0.441 e. The lowest BCUT2D eigenvalue weighted by molar-refractivity contribution is 0.529. The first-order valence-corrected chi connectivity index (χ1v) is 11.5. The average Bonchev–Trinajstić information content (AvgIpc) is 3.50. The lowest BCUT2D eigenvalue weighted by Gasteiger charge is -2.06. The lowest BCUT2D eigenvalue weighted by Crippen LogP contribution is -1.94. The van der Waals surface area contributed by atoms with Gasteiger partial charge in [-0.15, -0.1) is 0 Å². The van der Waals surface area contributed by atoms with Crippen LogP contribution in [0.25, 0.3) is 11.5 Å². The van der Waals surface area contributed by atoms with Crippen LogP contribution in [-0.4, -0.2) is 10.7 Å². The molecule has 0 N–H and O–H groups in total. The van der Waals surface area contributed by atoms with E-state index in [9.17, 15) is 0 Å². The first-order chi connectivity index (χ1) is 15.5. The molecule has 1 heterocycles. The maximum Gasteiger partial charge on any atom is 0.226 e. The van der Waals surface area contributed by atoms with Gasteiger partial charge in [-0.05, 0) is 81.7 Å². The van der Waals surface area contributed by atoms with Gasteiger partial charge in [0.25, 0.3) is 0 Å². The monoisotopic (exact) mass is 424 g/mol. The fourth-order valence-corrected chi connectivity index (χ4v) is 3.70. The van der Waals surface area contributed by atoms with Crippen molar-refractivity contribution in [3.63, 3.8) is 0 Å². The number of hydrogen-bond acceptors (Lipinski definition) is 3. The van der Waals surface area contributed by atoms with Crippen LogP contribution in [0.3, 0.4) is 0 Å². The lowest BCUT2D eigenvalue weighted by atomic mass is 10.1. The molecule has 0 unspecified atom stereocenters. The van der Waals surface area contributed by atoms with E-state index < -0.39 is 0 Å². The van der Waals surface area contributed by atoms with E-state index in [0.29, 0.717) is 5.89 Å². The van der Waals surface area contributed by atoms with E-state index in [0.717, 1.165) is 40.6 Å². The molecule has 32 heavy (non-hydrogen) atoms. The molecule has 1 aliphatic carbocycles. The smallest absolute Gasteiger partial charge is 0.226 e. The maximum absolute atomic E-state index is 6.07. The van der Waals surface area contributed by atoms with E-state index in [1.165, 1.54) is 36.0 Å². The Kier molecular flexibility index (Phi) is 6.84. The molecule has 164 valence electrons. The Morgan fingerprint density at radius 2 is 1.91 bits per heavy atom. The number of aryl methyl sites for hydroxylation is 2. The molecule has 3 heteroatoms. The zero-order valence-corrected chi connectivity index (χ0v) is 19.6.